The molecule has 0 aromatic heterocycles. The number of hydrogen-bond donors (Lipinski definition) is 1. The van der Waals surface area contributed by atoms with Crippen LogP contribution in [0.3, 0.4) is 0 Å². The first kappa shape index (κ1) is 10.3. The maximum atomic E-state index is 11.9. The van der Waals surface area contributed by atoms with Gasteiger partial charge in [0.15, 0.2) is 10.8 Å². The molecular formula is C12H11N3O2. The zero-order chi connectivity index (χ0) is 12.3. The highest BCUT2D eigenvalue weighted by atomic mass is 16.2. The molecule has 5 nitrogen and oxygen atoms in total. The fraction of sp³-hybridized carbons (Fsp3) is 0.667. The van der Waals surface area contributed by atoms with Gasteiger partial charge in [-0.3, -0.25) is 14.9 Å². The highest BCUT2D eigenvalue weighted by Gasteiger charge is 2.97. The summed E-state index contributed by atoms with van der Waals surface area (Å²) in [6, 6.07) is 3.98. The summed E-state index contributed by atoms with van der Waals surface area (Å²) in [6.07, 6.45) is 4.07. The summed E-state index contributed by atoms with van der Waals surface area (Å²) in [6.45, 7) is 0. The fourth-order valence-corrected chi connectivity index (χ4v) is 4.15. The van der Waals surface area contributed by atoms with Crippen molar-refractivity contribution in [3.8, 4) is 12.1 Å². The van der Waals surface area contributed by atoms with Crippen LogP contribution < -0.4 is 5.32 Å². The van der Waals surface area contributed by atoms with Crippen LogP contribution >= 0.6 is 0 Å². The third-order valence-corrected chi connectivity index (χ3v) is 4.89. The van der Waals surface area contributed by atoms with E-state index in [1.807, 2.05) is 12.1 Å². The Morgan fingerprint density at radius 3 is 1.82 bits per heavy atom. The Balaban J connectivity index is 2.22. The second-order valence-corrected chi connectivity index (χ2v) is 5.15. The molecule has 2 atom stereocenters. The van der Waals surface area contributed by atoms with Crippen LogP contribution in [-0.2, 0) is 9.59 Å². The fourth-order valence-electron chi connectivity index (χ4n) is 4.15. The van der Waals surface area contributed by atoms with Crippen molar-refractivity contribution in [2.45, 2.75) is 32.1 Å². The monoisotopic (exact) mass is 229 g/mol. The molecule has 3 fully saturated rings. The second kappa shape index (κ2) is 2.68. The van der Waals surface area contributed by atoms with Crippen molar-refractivity contribution in [3.63, 3.8) is 0 Å². The van der Waals surface area contributed by atoms with E-state index in [1.54, 1.807) is 0 Å². The summed E-state index contributed by atoms with van der Waals surface area (Å²) >= 11 is 0. The van der Waals surface area contributed by atoms with Crippen molar-refractivity contribution in [3.05, 3.63) is 0 Å². The molecule has 0 unspecified atom stereocenters. The van der Waals surface area contributed by atoms with Crippen molar-refractivity contribution in [2.24, 2.45) is 16.2 Å². The lowest BCUT2D eigenvalue weighted by Crippen LogP contribution is -2.38. The molecule has 1 spiro atoms. The molecule has 17 heavy (non-hydrogen) atoms. The van der Waals surface area contributed by atoms with Crippen LogP contribution in [0.2, 0.25) is 0 Å². The van der Waals surface area contributed by atoms with Crippen molar-refractivity contribution in [1.29, 1.82) is 10.5 Å². The van der Waals surface area contributed by atoms with Crippen molar-refractivity contribution < 1.29 is 9.59 Å². The van der Waals surface area contributed by atoms with Gasteiger partial charge in [0.25, 0.3) is 0 Å². The van der Waals surface area contributed by atoms with E-state index in [4.69, 9.17) is 0 Å². The highest BCUT2D eigenvalue weighted by molar-refractivity contribution is 6.19. The summed E-state index contributed by atoms with van der Waals surface area (Å²) in [4.78, 5) is 23.8. The standard InChI is InChI=1S/C12H11N3O2/c13-6-11-8(16)15-9(17)12(11,7-14)10(11)4-2-1-3-5-10/h1-5H2,(H,15,16,17)/t11-,12-/m0/s1. The van der Waals surface area contributed by atoms with Crippen molar-refractivity contribution in [1.82, 2.24) is 5.32 Å². The number of rotatable bonds is 0. The van der Waals surface area contributed by atoms with Gasteiger partial charge in [-0.15, -0.1) is 0 Å². The van der Waals surface area contributed by atoms with Crippen LogP contribution in [0.4, 0.5) is 0 Å². The van der Waals surface area contributed by atoms with E-state index in [9.17, 15) is 20.1 Å². The quantitative estimate of drug-likeness (QED) is 0.616. The van der Waals surface area contributed by atoms with Crippen LogP contribution in [0.5, 0.6) is 0 Å². The maximum absolute atomic E-state index is 11.9. The van der Waals surface area contributed by atoms with E-state index < -0.39 is 28.1 Å². The molecule has 2 saturated carbocycles. The van der Waals surface area contributed by atoms with Gasteiger partial charge in [0, 0.05) is 5.41 Å². The number of amides is 2. The average molecular weight is 229 g/mol. The minimum atomic E-state index is -1.41. The third-order valence-electron chi connectivity index (χ3n) is 4.89. The first-order valence-electron chi connectivity index (χ1n) is 5.81. The van der Waals surface area contributed by atoms with Crippen LogP contribution in [0.1, 0.15) is 32.1 Å². The molecule has 0 aromatic carbocycles. The Morgan fingerprint density at radius 2 is 1.41 bits per heavy atom. The number of nitrogens with zero attached hydrogens (tertiary/aromatic N) is 2. The molecule has 2 amide bonds. The van der Waals surface area contributed by atoms with Gasteiger partial charge >= 0.3 is 0 Å². The summed E-state index contributed by atoms with van der Waals surface area (Å²) in [5.74, 6) is -1.12. The highest BCUT2D eigenvalue weighted by Crippen LogP contribution is 2.84. The van der Waals surface area contributed by atoms with E-state index in [0.717, 1.165) is 19.3 Å². The average Bonchev–Trinajstić information content (AvgIpc) is 2.74. The molecule has 3 rings (SSSR count). The van der Waals surface area contributed by atoms with Gasteiger partial charge in [0.1, 0.15) is 0 Å². The number of piperidine rings is 1. The zero-order valence-corrected chi connectivity index (χ0v) is 9.25. The summed E-state index contributed by atoms with van der Waals surface area (Å²) < 4.78 is 0. The summed E-state index contributed by atoms with van der Waals surface area (Å²) in [7, 11) is 0. The molecule has 0 bridgehead atoms. The number of nitriles is 2. The number of carbonyl (C=O) groups excluding carboxylic acids is 2. The van der Waals surface area contributed by atoms with Crippen molar-refractivity contribution >= 4 is 11.8 Å². The Hall–Kier alpha value is -1.88. The lowest BCUT2D eigenvalue weighted by atomic mass is 9.77. The first-order chi connectivity index (χ1) is 8.13. The molecule has 1 aliphatic heterocycles. The van der Waals surface area contributed by atoms with Gasteiger partial charge in [-0.05, 0) is 12.8 Å². The van der Waals surface area contributed by atoms with E-state index in [-0.39, 0.29) is 0 Å². The summed E-state index contributed by atoms with van der Waals surface area (Å²) in [5, 5.41) is 20.9. The zero-order valence-electron chi connectivity index (χ0n) is 9.25. The number of imide groups is 1. The third kappa shape index (κ3) is 0.683. The van der Waals surface area contributed by atoms with Gasteiger partial charge in [0.05, 0.1) is 12.1 Å². The van der Waals surface area contributed by atoms with Gasteiger partial charge in [-0.25, -0.2) is 0 Å². The molecule has 3 aliphatic rings. The largest absolute Gasteiger partial charge is 0.293 e. The maximum Gasteiger partial charge on any atom is 0.249 e. The van der Waals surface area contributed by atoms with Crippen LogP contribution in [0, 0.1) is 38.9 Å². The summed E-state index contributed by atoms with van der Waals surface area (Å²) in [5.41, 5.74) is -3.53. The second-order valence-electron chi connectivity index (χ2n) is 5.15. The van der Waals surface area contributed by atoms with Gasteiger partial charge in [0.2, 0.25) is 11.8 Å². The van der Waals surface area contributed by atoms with Gasteiger partial charge < -0.3 is 0 Å². The molecule has 1 N–H and O–H groups in total. The molecule has 5 heteroatoms. The van der Waals surface area contributed by atoms with Crippen LogP contribution in [0.15, 0.2) is 0 Å². The van der Waals surface area contributed by atoms with Crippen LogP contribution in [0.25, 0.3) is 0 Å². The van der Waals surface area contributed by atoms with E-state index in [2.05, 4.69) is 5.32 Å². The lowest BCUT2D eigenvalue weighted by Gasteiger charge is -2.26. The van der Waals surface area contributed by atoms with E-state index >= 15 is 0 Å². The Bertz CT molecular complexity index is 481. The molecule has 0 aromatic rings. The lowest BCUT2D eigenvalue weighted by molar-refractivity contribution is -0.131. The predicted octanol–water partition coefficient (Wildman–Crippen LogP) is 0.627. The van der Waals surface area contributed by atoms with E-state index in [0.29, 0.717) is 12.8 Å². The first-order valence-corrected chi connectivity index (χ1v) is 5.81. The number of hydrogen-bond acceptors (Lipinski definition) is 4. The number of nitrogens with one attached hydrogen (secondary N) is 1. The van der Waals surface area contributed by atoms with Gasteiger partial charge in [-0.1, -0.05) is 19.3 Å². The Labute approximate surface area is 98.4 Å². The minimum absolute atomic E-state index is 0.562. The van der Waals surface area contributed by atoms with Crippen LogP contribution in [-0.4, -0.2) is 11.8 Å². The smallest absolute Gasteiger partial charge is 0.249 e. The predicted molar refractivity (Wildman–Crippen MR) is 54.8 cm³/mol. The SMILES string of the molecule is N#C[C@@]12C(=O)NC(=O)[C@@]1(C#N)C21CCCCC1. The topological polar surface area (TPSA) is 93.8 Å². The van der Waals surface area contributed by atoms with Crippen molar-refractivity contribution in [2.75, 3.05) is 0 Å². The Morgan fingerprint density at radius 1 is 0.941 bits per heavy atom. The number of carbonyl (C=O) groups is 2. The normalized spacial score (nSPS) is 41.3. The molecule has 0 radical (unpaired) electrons. The molecule has 2 aliphatic carbocycles. The molecule has 86 valence electrons. The Kier molecular flexibility index (Phi) is 1.62. The molecular weight excluding hydrogens is 218 g/mol. The number of fused-ring (bicyclic) bond motifs is 3. The molecule has 1 heterocycles. The van der Waals surface area contributed by atoms with Gasteiger partial charge in [-0.2, -0.15) is 10.5 Å². The minimum Gasteiger partial charge on any atom is -0.293 e. The van der Waals surface area contributed by atoms with E-state index in [1.165, 1.54) is 0 Å². The molecule has 1 saturated heterocycles.